The lowest BCUT2D eigenvalue weighted by atomic mass is 10.1. The number of methoxy groups -OCH3 is 3. The van der Waals surface area contributed by atoms with E-state index in [0.717, 1.165) is 4.90 Å². The van der Waals surface area contributed by atoms with Crippen molar-refractivity contribution in [3.63, 3.8) is 0 Å². The highest BCUT2D eigenvalue weighted by atomic mass is 16.5. The Bertz CT molecular complexity index is 668. The molecular formula is C15H17NO7. The van der Waals surface area contributed by atoms with Crippen LogP contribution in [0.2, 0.25) is 0 Å². The van der Waals surface area contributed by atoms with Crippen molar-refractivity contribution in [1.29, 1.82) is 0 Å². The monoisotopic (exact) mass is 323 g/mol. The summed E-state index contributed by atoms with van der Waals surface area (Å²) in [6.45, 7) is 1.46. The molecule has 0 fully saturated rings. The van der Waals surface area contributed by atoms with E-state index in [0.29, 0.717) is 0 Å². The summed E-state index contributed by atoms with van der Waals surface area (Å²) in [6.07, 6.45) is 0. The standard InChI is InChI=1S/C15H17NO7/c1-5-23-10(17)7-16-8-6-9(20-2)13(21-3)14(22-4)11(8)12(18)15(16)19/h6H,5,7H2,1-4H3. The van der Waals surface area contributed by atoms with Crippen molar-refractivity contribution < 1.29 is 33.3 Å². The Morgan fingerprint density at radius 3 is 2.26 bits per heavy atom. The van der Waals surface area contributed by atoms with E-state index in [2.05, 4.69) is 0 Å². The Morgan fingerprint density at radius 1 is 1.09 bits per heavy atom. The minimum atomic E-state index is -0.832. The van der Waals surface area contributed by atoms with Gasteiger partial charge in [-0.15, -0.1) is 0 Å². The lowest BCUT2D eigenvalue weighted by molar-refractivity contribution is -0.142. The van der Waals surface area contributed by atoms with Gasteiger partial charge in [0.15, 0.2) is 11.5 Å². The van der Waals surface area contributed by atoms with Gasteiger partial charge in [0, 0.05) is 6.07 Å². The van der Waals surface area contributed by atoms with Crippen LogP contribution in [-0.4, -0.2) is 52.1 Å². The van der Waals surface area contributed by atoms with Gasteiger partial charge in [0.25, 0.3) is 11.7 Å². The molecule has 1 aliphatic rings. The molecule has 0 aliphatic carbocycles. The molecule has 1 aromatic carbocycles. The number of nitrogens with zero attached hydrogens (tertiary/aromatic N) is 1. The number of Topliss-reactive ketones (excluding diaryl/α,β-unsaturated/α-hetero) is 1. The quantitative estimate of drug-likeness (QED) is 0.565. The van der Waals surface area contributed by atoms with Crippen molar-refractivity contribution >= 4 is 23.3 Å². The third-order valence-corrected chi connectivity index (χ3v) is 3.36. The maximum Gasteiger partial charge on any atom is 0.326 e. The smallest absolute Gasteiger partial charge is 0.326 e. The molecule has 1 aliphatic heterocycles. The zero-order valence-electron chi connectivity index (χ0n) is 13.3. The molecule has 1 aromatic rings. The van der Waals surface area contributed by atoms with Crippen LogP contribution < -0.4 is 19.1 Å². The molecule has 0 saturated heterocycles. The van der Waals surface area contributed by atoms with E-state index >= 15 is 0 Å². The number of amides is 1. The normalized spacial score (nSPS) is 13.0. The first-order valence-corrected chi connectivity index (χ1v) is 6.84. The van der Waals surface area contributed by atoms with Crippen molar-refractivity contribution in [2.24, 2.45) is 0 Å². The minimum absolute atomic E-state index is 0.0412. The van der Waals surface area contributed by atoms with Gasteiger partial charge >= 0.3 is 5.97 Å². The van der Waals surface area contributed by atoms with Crippen LogP contribution in [0.15, 0.2) is 6.07 Å². The number of hydrogen-bond acceptors (Lipinski definition) is 7. The number of benzene rings is 1. The summed E-state index contributed by atoms with van der Waals surface area (Å²) in [7, 11) is 4.16. The molecule has 0 atom stereocenters. The average molecular weight is 323 g/mol. The minimum Gasteiger partial charge on any atom is -0.493 e. The number of fused-ring (bicyclic) bond motifs is 1. The molecule has 0 spiro atoms. The van der Waals surface area contributed by atoms with E-state index in [-0.39, 0.29) is 41.7 Å². The van der Waals surface area contributed by atoms with Crippen LogP contribution in [0.3, 0.4) is 0 Å². The summed E-state index contributed by atoms with van der Waals surface area (Å²) in [5.74, 6) is -1.65. The van der Waals surface area contributed by atoms with E-state index < -0.39 is 17.7 Å². The van der Waals surface area contributed by atoms with Crippen LogP contribution in [0, 0.1) is 0 Å². The third-order valence-electron chi connectivity index (χ3n) is 3.36. The first-order valence-electron chi connectivity index (χ1n) is 6.84. The molecule has 0 unspecified atom stereocenters. The zero-order chi connectivity index (χ0) is 17.1. The Labute approximate surface area is 132 Å². The Morgan fingerprint density at radius 2 is 1.74 bits per heavy atom. The van der Waals surface area contributed by atoms with Gasteiger partial charge in [0.2, 0.25) is 5.75 Å². The van der Waals surface area contributed by atoms with E-state index in [1.807, 2.05) is 0 Å². The molecule has 8 nitrogen and oxygen atoms in total. The molecule has 0 aromatic heterocycles. The van der Waals surface area contributed by atoms with E-state index in [9.17, 15) is 14.4 Å². The number of anilines is 1. The summed E-state index contributed by atoms with van der Waals surface area (Å²) >= 11 is 0. The lowest BCUT2D eigenvalue weighted by Crippen LogP contribution is -2.35. The molecule has 2 rings (SSSR count). The van der Waals surface area contributed by atoms with Crippen LogP contribution >= 0.6 is 0 Å². The van der Waals surface area contributed by atoms with Gasteiger partial charge in [-0.05, 0) is 6.92 Å². The van der Waals surface area contributed by atoms with Gasteiger partial charge in [0.1, 0.15) is 6.54 Å². The molecule has 0 bridgehead atoms. The number of hydrogen-bond donors (Lipinski definition) is 0. The van der Waals surface area contributed by atoms with Crippen molar-refractivity contribution in [2.75, 3.05) is 39.4 Å². The molecule has 1 amide bonds. The number of ether oxygens (including phenoxy) is 4. The highest BCUT2D eigenvalue weighted by molar-refractivity contribution is 6.53. The number of carbonyl (C=O) groups excluding carboxylic acids is 3. The molecule has 23 heavy (non-hydrogen) atoms. The highest BCUT2D eigenvalue weighted by Crippen LogP contribution is 2.47. The van der Waals surface area contributed by atoms with Crippen molar-refractivity contribution in [1.82, 2.24) is 0 Å². The van der Waals surface area contributed by atoms with Gasteiger partial charge in [-0.3, -0.25) is 19.3 Å². The fourth-order valence-corrected chi connectivity index (χ4v) is 2.41. The summed E-state index contributed by atoms with van der Waals surface area (Å²) in [5, 5.41) is 0. The van der Waals surface area contributed by atoms with E-state index in [1.54, 1.807) is 6.92 Å². The third kappa shape index (κ3) is 2.67. The summed E-state index contributed by atoms with van der Waals surface area (Å²) in [6, 6.07) is 1.46. The second-order valence-electron chi connectivity index (χ2n) is 4.56. The second kappa shape index (κ2) is 6.55. The number of ketones is 1. The fourth-order valence-electron chi connectivity index (χ4n) is 2.41. The van der Waals surface area contributed by atoms with Crippen LogP contribution in [0.4, 0.5) is 5.69 Å². The molecule has 0 radical (unpaired) electrons. The summed E-state index contributed by atoms with van der Waals surface area (Å²) in [4.78, 5) is 37.2. The van der Waals surface area contributed by atoms with Crippen LogP contribution in [0.25, 0.3) is 0 Å². The average Bonchev–Trinajstić information content (AvgIpc) is 2.78. The highest BCUT2D eigenvalue weighted by Gasteiger charge is 2.42. The maximum atomic E-state index is 12.3. The van der Waals surface area contributed by atoms with Crippen LogP contribution in [-0.2, 0) is 14.3 Å². The second-order valence-corrected chi connectivity index (χ2v) is 4.56. The Balaban J connectivity index is 2.58. The predicted molar refractivity (Wildman–Crippen MR) is 79.4 cm³/mol. The first-order chi connectivity index (χ1) is 11.0. The molecule has 0 N–H and O–H groups in total. The fraction of sp³-hybridized carbons (Fsp3) is 0.400. The van der Waals surface area contributed by atoms with Gasteiger partial charge in [-0.25, -0.2) is 0 Å². The van der Waals surface area contributed by atoms with Crippen LogP contribution in [0.5, 0.6) is 17.2 Å². The maximum absolute atomic E-state index is 12.3. The number of rotatable bonds is 6. The van der Waals surface area contributed by atoms with Gasteiger partial charge in [0.05, 0.1) is 39.2 Å². The lowest BCUT2D eigenvalue weighted by Gasteiger charge is -2.18. The van der Waals surface area contributed by atoms with Crippen molar-refractivity contribution in [3.8, 4) is 17.2 Å². The van der Waals surface area contributed by atoms with Crippen molar-refractivity contribution in [2.45, 2.75) is 6.92 Å². The van der Waals surface area contributed by atoms with E-state index in [1.165, 1.54) is 27.4 Å². The Hall–Kier alpha value is -2.77. The largest absolute Gasteiger partial charge is 0.493 e. The molecule has 0 saturated carbocycles. The number of carbonyl (C=O) groups is 3. The Kier molecular flexibility index (Phi) is 4.73. The molecule has 8 heteroatoms. The molecular weight excluding hydrogens is 306 g/mol. The summed E-state index contributed by atoms with van der Waals surface area (Å²) in [5.41, 5.74) is 0.266. The summed E-state index contributed by atoms with van der Waals surface area (Å²) < 4.78 is 20.5. The predicted octanol–water partition coefficient (Wildman–Crippen LogP) is 0.805. The van der Waals surface area contributed by atoms with Crippen LogP contribution in [0.1, 0.15) is 17.3 Å². The van der Waals surface area contributed by atoms with Gasteiger partial charge < -0.3 is 18.9 Å². The first kappa shape index (κ1) is 16.6. The topological polar surface area (TPSA) is 91.4 Å². The number of esters is 1. The zero-order valence-corrected chi connectivity index (χ0v) is 13.3. The van der Waals surface area contributed by atoms with Gasteiger partial charge in [-0.1, -0.05) is 0 Å². The SMILES string of the molecule is CCOC(=O)CN1C(=O)C(=O)c2c1cc(OC)c(OC)c2OC. The molecule has 124 valence electrons. The molecule has 1 heterocycles. The van der Waals surface area contributed by atoms with E-state index in [4.69, 9.17) is 18.9 Å². The van der Waals surface area contributed by atoms with Crippen molar-refractivity contribution in [3.05, 3.63) is 11.6 Å². The van der Waals surface area contributed by atoms with Gasteiger partial charge in [-0.2, -0.15) is 0 Å².